The van der Waals surface area contributed by atoms with Gasteiger partial charge < -0.3 is 0 Å². The molecule has 0 unspecified atom stereocenters. The third-order valence-corrected chi connectivity index (χ3v) is 8.87. The fraction of sp³-hybridized carbons (Fsp3) is 0.167. The summed E-state index contributed by atoms with van der Waals surface area (Å²) in [6.07, 6.45) is 5.33. The summed E-state index contributed by atoms with van der Waals surface area (Å²) < 4.78 is 29.8. The van der Waals surface area contributed by atoms with Gasteiger partial charge in [-0.05, 0) is 54.7 Å². The molecule has 1 N–H and O–H groups in total. The monoisotopic (exact) mass is 544 g/mol. The molecular formula is C24H18Cl2N4O3S2. The molecule has 1 aliphatic carbocycles. The second-order valence-electron chi connectivity index (χ2n) is 7.95. The molecule has 11 heteroatoms. The van der Waals surface area contributed by atoms with Crippen molar-refractivity contribution in [2.45, 2.75) is 30.1 Å². The van der Waals surface area contributed by atoms with E-state index in [1.807, 2.05) is 10.7 Å². The van der Waals surface area contributed by atoms with Gasteiger partial charge >= 0.3 is 0 Å². The maximum atomic E-state index is 12.7. The zero-order valence-corrected chi connectivity index (χ0v) is 21.3. The predicted molar refractivity (Wildman–Crippen MR) is 137 cm³/mol. The highest BCUT2D eigenvalue weighted by Gasteiger charge is 2.22. The molecule has 0 fully saturated rings. The number of sulfonamides is 1. The molecule has 0 saturated heterocycles. The SMILES string of the molecule is O=C(C=C=C1CCCc2cnn(Cc3ccc(Cl)cc3Cl)c21)NS(=O)(=O)c1nc2ccccc2s1. The van der Waals surface area contributed by atoms with Crippen LogP contribution in [0.15, 0.2) is 64.8 Å². The second kappa shape index (κ2) is 9.60. The smallest absolute Gasteiger partial charge is 0.268 e. The van der Waals surface area contributed by atoms with Crippen molar-refractivity contribution in [3.05, 3.63) is 87.3 Å². The van der Waals surface area contributed by atoms with Crippen LogP contribution in [0.1, 0.15) is 29.7 Å². The fourth-order valence-corrected chi connectivity index (χ4v) is 6.55. The van der Waals surface area contributed by atoms with Gasteiger partial charge in [0.05, 0.1) is 28.7 Å². The van der Waals surface area contributed by atoms with Gasteiger partial charge in [-0.25, -0.2) is 9.71 Å². The van der Waals surface area contributed by atoms with Gasteiger partial charge in [-0.15, -0.1) is 17.1 Å². The first-order valence-electron chi connectivity index (χ1n) is 10.7. The molecule has 0 saturated carbocycles. The Balaban J connectivity index is 1.40. The van der Waals surface area contributed by atoms with Gasteiger partial charge in [0.25, 0.3) is 15.9 Å². The van der Waals surface area contributed by atoms with Crippen LogP contribution in [0.2, 0.25) is 10.0 Å². The number of nitrogens with zero attached hydrogens (tertiary/aromatic N) is 3. The highest BCUT2D eigenvalue weighted by molar-refractivity contribution is 7.92. The van der Waals surface area contributed by atoms with Gasteiger partial charge in [0.15, 0.2) is 0 Å². The van der Waals surface area contributed by atoms with E-state index in [1.165, 1.54) is 0 Å². The van der Waals surface area contributed by atoms with Crippen LogP contribution in [-0.4, -0.2) is 29.1 Å². The summed E-state index contributed by atoms with van der Waals surface area (Å²) >= 11 is 13.3. The summed E-state index contributed by atoms with van der Waals surface area (Å²) in [5.74, 6) is -0.796. The van der Waals surface area contributed by atoms with Crippen LogP contribution in [0.25, 0.3) is 15.8 Å². The molecule has 2 aromatic heterocycles. The Labute approximate surface area is 215 Å². The molecule has 1 amide bonds. The van der Waals surface area contributed by atoms with E-state index in [0.717, 1.165) is 57.3 Å². The Kier molecular flexibility index (Phi) is 6.53. The highest BCUT2D eigenvalue weighted by atomic mass is 35.5. The molecule has 4 aromatic rings. The number of para-hydroxylation sites is 1. The van der Waals surface area contributed by atoms with Gasteiger partial charge in [-0.3, -0.25) is 9.48 Å². The van der Waals surface area contributed by atoms with Crippen LogP contribution in [0.3, 0.4) is 0 Å². The minimum atomic E-state index is -4.10. The highest BCUT2D eigenvalue weighted by Crippen LogP contribution is 2.31. The van der Waals surface area contributed by atoms with Crippen LogP contribution in [0.5, 0.6) is 0 Å². The first kappa shape index (κ1) is 23.8. The van der Waals surface area contributed by atoms with Crippen LogP contribution in [0.4, 0.5) is 0 Å². The van der Waals surface area contributed by atoms with Gasteiger partial charge in [0.2, 0.25) is 4.34 Å². The summed E-state index contributed by atoms with van der Waals surface area (Å²) in [5.41, 5.74) is 7.10. The molecule has 7 nitrogen and oxygen atoms in total. The van der Waals surface area contributed by atoms with Crippen molar-refractivity contribution in [2.75, 3.05) is 0 Å². The lowest BCUT2D eigenvalue weighted by molar-refractivity contribution is -0.114. The summed E-state index contributed by atoms with van der Waals surface area (Å²) in [5, 5.41) is 5.59. The number of carbonyl (C=O) groups is 1. The number of fused-ring (bicyclic) bond motifs is 2. The van der Waals surface area contributed by atoms with Crippen molar-refractivity contribution in [1.82, 2.24) is 19.5 Å². The van der Waals surface area contributed by atoms with E-state index < -0.39 is 15.9 Å². The van der Waals surface area contributed by atoms with Crippen molar-refractivity contribution >= 4 is 66.3 Å². The number of thiazole rings is 1. The molecule has 0 spiro atoms. The Hall–Kier alpha value is -2.94. The maximum absolute atomic E-state index is 12.7. The third-order valence-electron chi connectivity index (χ3n) is 5.53. The fourth-order valence-electron chi connectivity index (χ4n) is 3.93. The van der Waals surface area contributed by atoms with E-state index in [1.54, 1.807) is 42.6 Å². The summed E-state index contributed by atoms with van der Waals surface area (Å²) in [4.78, 5) is 16.6. The number of benzene rings is 2. The minimum Gasteiger partial charge on any atom is -0.268 e. The average molecular weight is 545 g/mol. The van der Waals surface area contributed by atoms with Gasteiger partial charge in [-0.2, -0.15) is 13.5 Å². The Bertz CT molecular complexity index is 1600. The number of aromatic nitrogens is 3. The van der Waals surface area contributed by atoms with Crippen LogP contribution < -0.4 is 4.72 Å². The van der Waals surface area contributed by atoms with E-state index >= 15 is 0 Å². The average Bonchev–Trinajstić information content (AvgIpc) is 3.44. The molecule has 2 heterocycles. The van der Waals surface area contributed by atoms with E-state index in [9.17, 15) is 13.2 Å². The van der Waals surface area contributed by atoms with Crippen LogP contribution in [-0.2, 0) is 27.8 Å². The molecule has 0 radical (unpaired) electrons. The first-order chi connectivity index (χ1) is 16.8. The number of halogens is 2. The zero-order valence-electron chi connectivity index (χ0n) is 18.2. The van der Waals surface area contributed by atoms with E-state index in [2.05, 4.69) is 20.5 Å². The standard InChI is InChI=1S/C24H18Cl2N4O3S2/c25-18-10-8-17(19(26)12-18)14-30-23-15(4-3-5-16(23)13-27-30)9-11-22(31)29-35(32,33)24-28-20-6-1-2-7-21(20)34-24/h1-2,6-8,10-13H,3-5,14H2,(H,29,31). The lowest BCUT2D eigenvalue weighted by Crippen LogP contribution is -2.28. The lowest BCUT2D eigenvalue weighted by atomic mass is 9.93. The Morgan fingerprint density at radius 1 is 1.20 bits per heavy atom. The van der Waals surface area contributed by atoms with Gasteiger partial charge in [-0.1, -0.05) is 41.4 Å². The maximum Gasteiger partial charge on any atom is 0.291 e. The van der Waals surface area contributed by atoms with Crippen molar-refractivity contribution in [3.63, 3.8) is 0 Å². The number of amides is 1. The number of rotatable bonds is 5. The summed E-state index contributed by atoms with van der Waals surface area (Å²) in [7, 11) is -4.10. The Morgan fingerprint density at radius 2 is 2.03 bits per heavy atom. The summed E-state index contributed by atoms with van der Waals surface area (Å²) in [6.45, 7) is 0.425. The topological polar surface area (TPSA) is 94.0 Å². The lowest BCUT2D eigenvalue weighted by Gasteiger charge is -2.16. The number of aryl methyl sites for hydroxylation is 1. The molecule has 0 aliphatic heterocycles. The van der Waals surface area contributed by atoms with E-state index in [0.29, 0.717) is 28.5 Å². The van der Waals surface area contributed by atoms with Crippen molar-refractivity contribution in [1.29, 1.82) is 0 Å². The van der Waals surface area contributed by atoms with Crippen LogP contribution in [0, 0.1) is 0 Å². The number of hydrogen-bond acceptors (Lipinski definition) is 6. The second-order valence-corrected chi connectivity index (χ2v) is 11.7. The molecule has 0 atom stereocenters. The first-order valence-corrected chi connectivity index (χ1v) is 13.7. The normalized spacial score (nSPS) is 13.4. The molecule has 1 aliphatic rings. The van der Waals surface area contributed by atoms with E-state index in [4.69, 9.17) is 23.2 Å². The van der Waals surface area contributed by atoms with E-state index in [-0.39, 0.29) is 4.34 Å². The third kappa shape index (κ3) is 5.05. The number of carbonyl (C=O) groups excluding carboxylic acids is 1. The molecule has 5 rings (SSSR count). The van der Waals surface area contributed by atoms with Gasteiger partial charge in [0, 0.05) is 21.7 Å². The molecular weight excluding hydrogens is 527 g/mol. The van der Waals surface area contributed by atoms with Crippen molar-refractivity contribution in [3.8, 4) is 0 Å². The Morgan fingerprint density at radius 3 is 2.83 bits per heavy atom. The molecule has 0 bridgehead atoms. The van der Waals surface area contributed by atoms with Crippen molar-refractivity contribution in [2.24, 2.45) is 0 Å². The summed E-state index contributed by atoms with van der Waals surface area (Å²) in [6, 6.07) is 12.4. The molecule has 2 aromatic carbocycles. The van der Waals surface area contributed by atoms with Gasteiger partial charge in [0.1, 0.15) is 0 Å². The molecule has 35 heavy (non-hydrogen) atoms. The largest absolute Gasteiger partial charge is 0.291 e. The van der Waals surface area contributed by atoms with Crippen LogP contribution >= 0.6 is 34.5 Å². The molecule has 178 valence electrons. The number of hydrogen-bond donors (Lipinski definition) is 1. The van der Waals surface area contributed by atoms with Crippen molar-refractivity contribution < 1.29 is 13.2 Å². The number of nitrogens with one attached hydrogen (secondary N) is 1. The minimum absolute atomic E-state index is 0.161. The predicted octanol–water partition coefficient (Wildman–Crippen LogP) is 5.23. The quantitative estimate of drug-likeness (QED) is 0.274. The zero-order chi connectivity index (χ0) is 24.6.